The van der Waals surface area contributed by atoms with E-state index in [1.807, 2.05) is 55.5 Å². The molecule has 0 aromatic heterocycles. The second kappa shape index (κ2) is 6.05. The number of amides is 1. The van der Waals surface area contributed by atoms with E-state index in [1.165, 1.54) is 0 Å². The average molecular weight is 255 g/mol. The van der Waals surface area contributed by atoms with Crippen LogP contribution in [-0.2, 0) is 11.2 Å². The summed E-state index contributed by atoms with van der Waals surface area (Å²) in [6.07, 6.45) is 0.339. The summed E-state index contributed by atoms with van der Waals surface area (Å²) in [6.45, 7) is 1.97. The second-order valence-corrected chi connectivity index (χ2v) is 4.39. The molecule has 2 aromatic rings. The first kappa shape index (κ1) is 13.1. The molecule has 0 atom stereocenters. The molecular weight excluding hydrogens is 238 g/mol. The van der Waals surface area contributed by atoms with Gasteiger partial charge in [0.15, 0.2) is 0 Å². The van der Waals surface area contributed by atoms with Gasteiger partial charge in [0.25, 0.3) is 0 Å². The molecule has 0 spiro atoms. The summed E-state index contributed by atoms with van der Waals surface area (Å²) in [7, 11) is 1.62. The minimum Gasteiger partial charge on any atom is -0.497 e. The van der Waals surface area contributed by atoms with Crippen molar-refractivity contribution in [1.82, 2.24) is 0 Å². The zero-order valence-electron chi connectivity index (χ0n) is 11.1. The van der Waals surface area contributed by atoms with Crippen LogP contribution in [0.4, 0.5) is 5.69 Å². The second-order valence-electron chi connectivity index (χ2n) is 4.39. The Hall–Kier alpha value is -2.29. The Balaban J connectivity index is 2.03. The van der Waals surface area contributed by atoms with Crippen molar-refractivity contribution in [2.45, 2.75) is 13.3 Å². The van der Waals surface area contributed by atoms with Crippen molar-refractivity contribution in [3.05, 3.63) is 59.7 Å². The molecule has 0 bridgehead atoms. The van der Waals surface area contributed by atoms with Crippen molar-refractivity contribution in [2.75, 3.05) is 12.4 Å². The lowest BCUT2D eigenvalue weighted by Crippen LogP contribution is -2.15. The summed E-state index contributed by atoms with van der Waals surface area (Å²) < 4.78 is 5.14. The van der Waals surface area contributed by atoms with Gasteiger partial charge >= 0.3 is 0 Å². The van der Waals surface area contributed by atoms with E-state index in [4.69, 9.17) is 4.74 Å². The Morgan fingerprint density at radius 2 is 1.95 bits per heavy atom. The molecule has 0 saturated heterocycles. The maximum Gasteiger partial charge on any atom is 0.228 e. The lowest BCUT2D eigenvalue weighted by Gasteiger charge is -2.08. The number of ether oxygens (including phenoxy) is 1. The van der Waals surface area contributed by atoms with Gasteiger partial charge in [0, 0.05) is 5.69 Å². The number of carbonyl (C=O) groups excluding carboxylic acids is 1. The third-order valence-electron chi connectivity index (χ3n) is 2.92. The van der Waals surface area contributed by atoms with Gasteiger partial charge in [-0.15, -0.1) is 0 Å². The number of rotatable bonds is 4. The smallest absolute Gasteiger partial charge is 0.228 e. The minimum atomic E-state index is -0.0254. The molecule has 0 fully saturated rings. The van der Waals surface area contributed by atoms with Gasteiger partial charge in [-0.05, 0) is 36.2 Å². The van der Waals surface area contributed by atoms with Crippen molar-refractivity contribution < 1.29 is 9.53 Å². The summed E-state index contributed by atoms with van der Waals surface area (Å²) in [4.78, 5) is 12.0. The van der Waals surface area contributed by atoms with Crippen LogP contribution in [0.3, 0.4) is 0 Å². The highest BCUT2D eigenvalue weighted by atomic mass is 16.5. The molecule has 2 rings (SSSR count). The number of anilines is 1. The molecule has 3 heteroatoms. The maximum atomic E-state index is 12.0. The molecule has 0 radical (unpaired) electrons. The first-order valence-electron chi connectivity index (χ1n) is 6.17. The predicted octanol–water partition coefficient (Wildman–Crippen LogP) is 3.18. The first-order valence-corrected chi connectivity index (χ1v) is 6.17. The fraction of sp³-hybridized carbons (Fsp3) is 0.188. The summed E-state index contributed by atoms with van der Waals surface area (Å²) in [5.41, 5.74) is 2.85. The van der Waals surface area contributed by atoms with Crippen molar-refractivity contribution in [3.63, 3.8) is 0 Å². The number of hydrogen-bond acceptors (Lipinski definition) is 2. The van der Waals surface area contributed by atoms with Crippen molar-refractivity contribution >= 4 is 11.6 Å². The lowest BCUT2D eigenvalue weighted by atomic mass is 10.1. The molecule has 0 heterocycles. The number of para-hydroxylation sites is 1. The van der Waals surface area contributed by atoms with Gasteiger partial charge in [0.1, 0.15) is 5.75 Å². The van der Waals surface area contributed by atoms with Gasteiger partial charge in [0.2, 0.25) is 5.91 Å². The molecule has 0 aliphatic carbocycles. The van der Waals surface area contributed by atoms with Crippen LogP contribution in [0.1, 0.15) is 11.1 Å². The first-order chi connectivity index (χ1) is 9.19. The molecule has 1 amide bonds. The van der Waals surface area contributed by atoms with Gasteiger partial charge in [-0.3, -0.25) is 4.79 Å². The van der Waals surface area contributed by atoms with Gasteiger partial charge < -0.3 is 10.1 Å². The Bertz CT molecular complexity index is 578. The van der Waals surface area contributed by atoms with E-state index in [2.05, 4.69) is 5.32 Å². The molecular formula is C16H17NO2. The van der Waals surface area contributed by atoms with E-state index in [-0.39, 0.29) is 5.91 Å². The topological polar surface area (TPSA) is 38.3 Å². The van der Waals surface area contributed by atoms with Gasteiger partial charge in [-0.2, -0.15) is 0 Å². The Morgan fingerprint density at radius 3 is 2.68 bits per heavy atom. The van der Waals surface area contributed by atoms with Gasteiger partial charge in [-0.25, -0.2) is 0 Å². The summed E-state index contributed by atoms with van der Waals surface area (Å²) in [5, 5.41) is 2.92. The quantitative estimate of drug-likeness (QED) is 0.911. The molecule has 0 aliphatic heterocycles. The summed E-state index contributed by atoms with van der Waals surface area (Å²) >= 11 is 0. The highest BCUT2D eigenvalue weighted by Gasteiger charge is 2.06. The van der Waals surface area contributed by atoms with Crippen LogP contribution in [-0.4, -0.2) is 13.0 Å². The zero-order valence-corrected chi connectivity index (χ0v) is 11.1. The van der Waals surface area contributed by atoms with Gasteiger partial charge in [-0.1, -0.05) is 30.3 Å². The third-order valence-corrected chi connectivity index (χ3v) is 2.92. The fourth-order valence-corrected chi connectivity index (χ4v) is 1.88. The van der Waals surface area contributed by atoms with E-state index in [0.29, 0.717) is 6.42 Å². The van der Waals surface area contributed by atoms with Crippen LogP contribution >= 0.6 is 0 Å². The van der Waals surface area contributed by atoms with Gasteiger partial charge in [0.05, 0.1) is 13.5 Å². The predicted molar refractivity (Wildman–Crippen MR) is 76.5 cm³/mol. The van der Waals surface area contributed by atoms with E-state index in [1.54, 1.807) is 7.11 Å². The normalized spacial score (nSPS) is 10.0. The third kappa shape index (κ3) is 3.58. The van der Waals surface area contributed by atoms with Crippen molar-refractivity contribution in [2.24, 2.45) is 0 Å². The largest absolute Gasteiger partial charge is 0.497 e. The lowest BCUT2D eigenvalue weighted by molar-refractivity contribution is -0.115. The highest BCUT2D eigenvalue weighted by molar-refractivity contribution is 5.92. The van der Waals surface area contributed by atoms with Crippen molar-refractivity contribution in [3.8, 4) is 5.75 Å². The van der Waals surface area contributed by atoms with Crippen LogP contribution < -0.4 is 10.1 Å². The van der Waals surface area contributed by atoms with Crippen molar-refractivity contribution in [1.29, 1.82) is 0 Å². The Labute approximate surface area is 113 Å². The van der Waals surface area contributed by atoms with E-state index in [0.717, 1.165) is 22.6 Å². The number of aryl methyl sites for hydroxylation is 1. The van der Waals surface area contributed by atoms with E-state index < -0.39 is 0 Å². The average Bonchev–Trinajstić information content (AvgIpc) is 2.41. The fourth-order valence-electron chi connectivity index (χ4n) is 1.88. The highest BCUT2D eigenvalue weighted by Crippen LogP contribution is 2.16. The summed E-state index contributed by atoms with van der Waals surface area (Å²) in [6, 6.07) is 15.3. The summed E-state index contributed by atoms with van der Waals surface area (Å²) in [5.74, 6) is 0.740. The Morgan fingerprint density at radius 1 is 1.16 bits per heavy atom. The number of carbonyl (C=O) groups is 1. The van der Waals surface area contributed by atoms with Crippen LogP contribution in [0.25, 0.3) is 0 Å². The monoisotopic (exact) mass is 255 g/mol. The molecule has 0 saturated carbocycles. The van der Waals surface area contributed by atoms with Crippen LogP contribution in [0.5, 0.6) is 5.75 Å². The Kier molecular flexibility index (Phi) is 4.18. The van der Waals surface area contributed by atoms with Crippen LogP contribution in [0.2, 0.25) is 0 Å². The standard InChI is InChI=1S/C16H17NO2/c1-12-6-3-4-9-15(12)17-16(18)11-13-7-5-8-14(10-13)19-2/h3-10H,11H2,1-2H3,(H,17,18). The number of benzene rings is 2. The molecule has 3 nitrogen and oxygen atoms in total. The van der Waals surface area contributed by atoms with Crippen LogP contribution in [0, 0.1) is 6.92 Å². The van der Waals surface area contributed by atoms with Crippen LogP contribution in [0.15, 0.2) is 48.5 Å². The molecule has 19 heavy (non-hydrogen) atoms. The zero-order chi connectivity index (χ0) is 13.7. The number of methoxy groups -OCH3 is 1. The minimum absolute atomic E-state index is 0.0254. The number of nitrogens with one attached hydrogen (secondary N) is 1. The van der Waals surface area contributed by atoms with E-state index in [9.17, 15) is 4.79 Å². The SMILES string of the molecule is COc1cccc(CC(=O)Nc2ccccc2C)c1. The molecule has 0 unspecified atom stereocenters. The molecule has 98 valence electrons. The number of hydrogen-bond donors (Lipinski definition) is 1. The molecule has 0 aliphatic rings. The maximum absolute atomic E-state index is 12.0. The molecule has 2 aromatic carbocycles. The van der Waals surface area contributed by atoms with E-state index >= 15 is 0 Å². The molecule has 1 N–H and O–H groups in total.